The Morgan fingerprint density at radius 1 is 0.800 bits per heavy atom. The number of alkyl carbamates (subject to hydrolysis) is 1. The number of hydrogen-bond donors (Lipinski definition) is 2. The minimum Gasteiger partial charge on any atom is -0.497 e. The van der Waals surface area contributed by atoms with E-state index in [1.54, 1.807) is 63.2 Å². The van der Waals surface area contributed by atoms with Gasteiger partial charge in [-0.15, -0.1) is 0 Å². The third kappa shape index (κ3) is 11.4. The molecular formula is C33H49N3O9. The predicted molar refractivity (Wildman–Crippen MR) is 170 cm³/mol. The number of nitrogens with one attached hydrogen (secondary N) is 2. The van der Waals surface area contributed by atoms with Gasteiger partial charge in [0, 0.05) is 26.2 Å². The molecule has 0 heterocycles. The molecule has 2 atom stereocenters. The summed E-state index contributed by atoms with van der Waals surface area (Å²) in [5.74, 6) is 0.534. The van der Waals surface area contributed by atoms with Gasteiger partial charge in [0.25, 0.3) is 0 Å². The first kappa shape index (κ1) is 37.2. The van der Waals surface area contributed by atoms with E-state index >= 15 is 0 Å². The van der Waals surface area contributed by atoms with Gasteiger partial charge in [-0.1, -0.05) is 18.2 Å². The number of nitrogens with zero attached hydrogens (tertiary/aromatic N) is 1. The Balaban J connectivity index is 2.72. The molecule has 0 aliphatic carbocycles. The van der Waals surface area contributed by atoms with Gasteiger partial charge < -0.3 is 44.0 Å². The number of ether oxygens (including phenoxy) is 6. The number of methoxy groups -OCH3 is 5. The number of benzene rings is 2. The van der Waals surface area contributed by atoms with Crippen molar-refractivity contribution >= 4 is 17.9 Å². The van der Waals surface area contributed by atoms with Crippen molar-refractivity contribution in [1.82, 2.24) is 15.5 Å². The van der Waals surface area contributed by atoms with E-state index in [-0.39, 0.29) is 13.0 Å². The second-order valence-electron chi connectivity index (χ2n) is 12.4. The lowest BCUT2D eigenvalue weighted by molar-refractivity contribution is -0.156. The fourth-order valence-electron chi connectivity index (χ4n) is 4.52. The Morgan fingerprint density at radius 2 is 1.40 bits per heavy atom. The highest BCUT2D eigenvalue weighted by molar-refractivity contribution is 5.92. The first-order chi connectivity index (χ1) is 21.0. The van der Waals surface area contributed by atoms with Gasteiger partial charge in [-0.3, -0.25) is 9.59 Å². The molecular weight excluding hydrogens is 582 g/mol. The fourth-order valence-corrected chi connectivity index (χ4v) is 4.52. The molecule has 0 saturated carbocycles. The molecule has 45 heavy (non-hydrogen) atoms. The molecule has 0 radical (unpaired) electrons. The Morgan fingerprint density at radius 3 is 1.89 bits per heavy atom. The summed E-state index contributed by atoms with van der Waals surface area (Å²) in [7, 11) is 7.45. The van der Waals surface area contributed by atoms with Crippen LogP contribution in [-0.2, 0) is 30.2 Å². The lowest BCUT2D eigenvalue weighted by Crippen LogP contribution is -2.56. The van der Waals surface area contributed by atoms with Crippen molar-refractivity contribution in [3.63, 3.8) is 0 Å². The lowest BCUT2D eigenvalue weighted by atomic mass is 9.98. The van der Waals surface area contributed by atoms with Crippen LogP contribution in [-0.4, -0.2) is 88.4 Å². The number of rotatable bonds is 14. The average Bonchev–Trinajstić information content (AvgIpc) is 2.96. The summed E-state index contributed by atoms with van der Waals surface area (Å²) >= 11 is 0. The lowest BCUT2D eigenvalue weighted by Gasteiger charge is -2.37. The van der Waals surface area contributed by atoms with Gasteiger partial charge in [0.1, 0.15) is 23.4 Å². The first-order valence-electron chi connectivity index (χ1n) is 14.6. The van der Waals surface area contributed by atoms with Crippen LogP contribution in [0.2, 0.25) is 0 Å². The monoisotopic (exact) mass is 631 g/mol. The van der Waals surface area contributed by atoms with Crippen molar-refractivity contribution in [2.24, 2.45) is 0 Å². The average molecular weight is 632 g/mol. The van der Waals surface area contributed by atoms with Gasteiger partial charge in [0.05, 0.1) is 27.9 Å². The highest BCUT2D eigenvalue weighted by Gasteiger charge is 2.39. The molecule has 0 aromatic heterocycles. The molecule has 0 aliphatic rings. The zero-order valence-electron chi connectivity index (χ0n) is 28.3. The van der Waals surface area contributed by atoms with Gasteiger partial charge in [0.15, 0.2) is 17.8 Å². The third-order valence-electron chi connectivity index (χ3n) is 6.52. The van der Waals surface area contributed by atoms with Crippen LogP contribution in [0.25, 0.3) is 0 Å². The molecule has 0 aliphatic heterocycles. The van der Waals surface area contributed by atoms with Gasteiger partial charge in [-0.25, -0.2) is 4.79 Å². The minimum absolute atomic E-state index is 0.0375. The molecule has 2 N–H and O–H groups in total. The number of carbonyl (C=O) groups is 3. The summed E-state index contributed by atoms with van der Waals surface area (Å²) in [6.07, 6.45) is -1.65. The van der Waals surface area contributed by atoms with E-state index in [0.29, 0.717) is 28.4 Å². The van der Waals surface area contributed by atoms with Gasteiger partial charge in [0.2, 0.25) is 11.8 Å². The minimum atomic E-state index is -1.17. The number of amides is 3. The van der Waals surface area contributed by atoms with Crippen molar-refractivity contribution in [3.8, 4) is 17.2 Å². The molecule has 12 heteroatoms. The molecule has 3 amide bonds. The summed E-state index contributed by atoms with van der Waals surface area (Å²) in [4.78, 5) is 43.1. The Hall–Kier alpha value is -4.03. The molecule has 2 aromatic rings. The fraction of sp³-hybridized carbons (Fsp3) is 0.545. The standard InChI is InChI=1S/C33H49N3O9/c1-32(2,3)35-29(37)28(22-13-15-23(40-7)16-14-22)36(20-27(43-10)44-11)30(38)24(34-31(39)45-33(4,5)6)18-21-12-17-25(41-8)26(19-21)42-9/h12-17,19,24,27-28H,18,20H2,1-11H3,(H,34,39)(H,35,37)/t24-,28?/m0/s1. The van der Waals surface area contributed by atoms with Crippen molar-refractivity contribution < 1.29 is 42.8 Å². The summed E-state index contributed by atoms with van der Waals surface area (Å²) in [6, 6.07) is 9.74. The zero-order chi connectivity index (χ0) is 33.9. The summed E-state index contributed by atoms with van der Waals surface area (Å²) < 4.78 is 32.6. The Kier molecular flexibility index (Phi) is 13.5. The first-order valence-corrected chi connectivity index (χ1v) is 14.6. The smallest absolute Gasteiger partial charge is 0.408 e. The largest absolute Gasteiger partial charge is 0.497 e. The maximum Gasteiger partial charge on any atom is 0.408 e. The van der Waals surface area contributed by atoms with E-state index in [2.05, 4.69) is 10.6 Å². The van der Waals surface area contributed by atoms with Crippen LogP contribution in [0.4, 0.5) is 4.79 Å². The molecule has 250 valence electrons. The molecule has 12 nitrogen and oxygen atoms in total. The molecule has 2 aromatic carbocycles. The van der Waals surface area contributed by atoms with Crippen molar-refractivity contribution in [1.29, 1.82) is 0 Å². The van der Waals surface area contributed by atoms with Gasteiger partial charge in [-0.2, -0.15) is 0 Å². The van der Waals surface area contributed by atoms with Crippen LogP contribution < -0.4 is 24.8 Å². The highest BCUT2D eigenvalue weighted by Crippen LogP contribution is 2.30. The second-order valence-corrected chi connectivity index (χ2v) is 12.4. The van der Waals surface area contributed by atoms with E-state index in [4.69, 9.17) is 28.4 Å². The molecule has 0 fully saturated rings. The van der Waals surface area contributed by atoms with E-state index in [1.165, 1.54) is 40.4 Å². The second kappa shape index (κ2) is 16.3. The predicted octanol–water partition coefficient (Wildman–Crippen LogP) is 4.25. The van der Waals surface area contributed by atoms with Crippen molar-refractivity contribution in [2.45, 2.75) is 77.5 Å². The number of hydrogen-bond acceptors (Lipinski definition) is 9. The maximum atomic E-state index is 14.7. The summed E-state index contributed by atoms with van der Waals surface area (Å²) in [5.41, 5.74) is -0.265. The topological polar surface area (TPSA) is 134 Å². The van der Waals surface area contributed by atoms with E-state index in [1.807, 2.05) is 20.8 Å². The van der Waals surface area contributed by atoms with Crippen molar-refractivity contribution in [3.05, 3.63) is 53.6 Å². The molecule has 0 bridgehead atoms. The SMILES string of the molecule is COc1ccc(C(C(=O)NC(C)(C)C)N(CC(OC)OC)C(=O)[C@H](Cc2ccc(OC)c(OC)c2)NC(=O)OC(C)(C)C)cc1. The number of carbonyl (C=O) groups excluding carboxylic acids is 3. The van der Waals surface area contributed by atoms with E-state index in [0.717, 1.165) is 0 Å². The van der Waals surface area contributed by atoms with Crippen LogP contribution in [0.15, 0.2) is 42.5 Å². The van der Waals surface area contributed by atoms with Crippen LogP contribution in [0, 0.1) is 0 Å². The van der Waals surface area contributed by atoms with Crippen LogP contribution in [0.3, 0.4) is 0 Å². The highest BCUT2D eigenvalue weighted by atomic mass is 16.7. The third-order valence-corrected chi connectivity index (χ3v) is 6.52. The summed E-state index contributed by atoms with van der Waals surface area (Å²) in [6.45, 7) is 10.6. The molecule has 1 unspecified atom stereocenters. The normalized spacial score (nSPS) is 13.0. The maximum absolute atomic E-state index is 14.7. The quantitative estimate of drug-likeness (QED) is 0.294. The van der Waals surface area contributed by atoms with Crippen LogP contribution >= 0.6 is 0 Å². The van der Waals surface area contributed by atoms with Crippen molar-refractivity contribution in [2.75, 3.05) is 42.1 Å². The molecule has 0 spiro atoms. The molecule has 0 saturated heterocycles. The summed E-state index contributed by atoms with van der Waals surface area (Å²) in [5, 5.41) is 5.72. The zero-order valence-corrected chi connectivity index (χ0v) is 28.3. The van der Waals surface area contributed by atoms with Crippen LogP contribution in [0.1, 0.15) is 58.7 Å². The van der Waals surface area contributed by atoms with Gasteiger partial charge in [-0.05, 0) is 76.9 Å². The van der Waals surface area contributed by atoms with E-state index < -0.39 is 47.4 Å². The van der Waals surface area contributed by atoms with Gasteiger partial charge >= 0.3 is 6.09 Å². The van der Waals surface area contributed by atoms with Crippen LogP contribution in [0.5, 0.6) is 17.2 Å². The Bertz CT molecular complexity index is 1270. The Labute approximate surface area is 266 Å². The molecule has 2 rings (SSSR count). The van der Waals surface area contributed by atoms with E-state index in [9.17, 15) is 14.4 Å².